The summed E-state index contributed by atoms with van der Waals surface area (Å²) in [5.41, 5.74) is 2.51. The number of nitrogens with one attached hydrogen (secondary N) is 2. The summed E-state index contributed by atoms with van der Waals surface area (Å²) < 4.78 is 0. The lowest BCUT2D eigenvalue weighted by molar-refractivity contribution is 0.0945. The zero-order valence-electron chi connectivity index (χ0n) is 13.9. The minimum Gasteiger partial charge on any atom is -0.352 e. The van der Waals surface area contributed by atoms with E-state index in [1.807, 2.05) is 0 Å². The topological polar surface area (TPSA) is 65.2 Å². The van der Waals surface area contributed by atoms with Gasteiger partial charge in [-0.05, 0) is 49.1 Å². The van der Waals surface area contributed by atoms with Gasteiger partial charge in [0.15, 0.2) is 0 Å². The van der Waals surface area contributed by atoms with Crippen molar-refractivity contribution in [2.75, 3.05) is 19.6 Å². The van der Waals surface area contributed by atoms with Crippen LogP contribution in [0, 0.1) is 12.8 Å². The van der Waals surface area contributed by atoms with E-state index in [2.05, 4.69) is 46.4 Å². The highest BCUT2D eigenvalue weighted by molar-refractivity contribution is 5.93. The molecule has 1 amide bonds. The number of hydrogen-bond donors (Lipinski definition) is 2. The molecule has 2 heterocycles. The van der Waals surface area contributed by atoms with Gasteiger partial charge in [-0.1, -0.05) is 24.3 Å². The van der Waals surface area contributed by atoms with E-state index < -0.39 is 0 Å². The molecule has 0 bridgehead atoms. The number of carbonyl (C=O) groups is 1. The molecule has 1 aliphatic heterocycles. The Morgan fingerprint density at radius 1 is 1.29 bits per heavy atom. The second-order valence-electron chi connectivity index (χ2n) is 6.44. The van der Waals surface area contributed by atoms with E-state index in [4.69, 9.17) is 0 Å². The van der Waals surface area contributed by atoms with Gasteiger partial charge in [-0.15, -0.1) is 0 Å². The molecular weight excluding hydrogens is 302 g/mol. The smallest absolute Gasteiger partial charge is 0.260 e. The van der Waals surface area contributed by atoms with E-state index in [1.165, 1.54) is 17.3 Å². The van der Waals surface area contributed by atoms with Gasteiger partial charge in [0.2, 0.25) is 0 Å². The Labute approximate surface area is 141 Å². The van der Waals surface area contributed by atoms with Crippen molar-refractivity contribution in [1.82, 2.24) is 15.2 Å². The van der Waals surface area contributed by atoms with Crippen LogP contribution in [0.5, 0.6) is 0 Å². The maximum Gasteiger partial charge on any atom is 0.260 e. The Balaban J connectivity index is 1.50. The van der Waals surface area contributed by atoms with Crippen LogP contribution in [0.25, 0.3) is 0 Å². The first kappa shape index (κ1) is 16.5. The molecule has 1 aromatic heterocycles. The predicted octanol–water partition coefficient (Wildman–Crippen LogP) is 1.94. The third kappa shape index (κ3) is 3.92. The summed E-state index contributed by atoms with van der Waals surface area (Å²) in [5.74, 6) is 0.134. The van der Waals surface area contributed by atoms with Crippen molar-refractivity contribution in [3.8, 4) is 0 Å². The Morgan fingerprint density at radius 3 is 2.92 bits per heavy atom. The lowest BCUT2D eigenvalue weighted by Gasteiger charge is -2.17. The van der Waals surface area contributed by atoms with Gasteiger partial charge in [0.1, 0.15) is 5.56 Å². The van der Waals surface area contributed by atoms with E-state index in [0.717, 1.165) is 26.1 Å². The van der Waals surface area contributed by atoms with Gasteiger partial charge in [-0.2, -0.15) is 0 Å². The van der Waals surface area contributed by atoms with Gasteiger partial charge in [-0.25, -0.2) is 0 Å². The number of rotatable bonds is 5. The standard InChI is InChI=1S/C19H23N3O2/c1-14-5-2-3-6-16(14)13-22-10-8-15(12-22)11-21-19(24)17-7-4-9-20-18(17)23/h2-7,9,15H,8,10-13H2,1H3,(H,20,23)(H,21,24). The van der Waals surface area contributed by atoms with Crippen molar-refractivity contribution in [2.45, 2.75) is 19.9 Å². The van der Waals surface area contributed by atoms with Crippen molar-refractivity contribution in [2.24, 2.45) is 5.92 Å². The largest absolute Gasteiger partial charge is 0.352 e. The van der Waals surface area contributed by atoms with Crippen LogP contribution in [0.1, 0.15) is 27.9 Å². The van der Waals surface area contributed by atoms with Gasteiger partial charge < -0.3 is 10.3 Å². The number of aryl methyl sites for hydroxylation is 1. The number of nitrogens with zero attached hydrogens (tertiary/aromatic N) is 1. The number of hydrogen-bond acceptors (Lipinski definition) is 3. The van der Waals surface area contributed by atoms with Crippen LogP contribution < -0.4 is 10.9 Å². The predicted molar refractivity (Wildman–Crippen MR) is 94.0 cm³/mol. The van der Waals surface area contributed by atoms with Crippen molar-refractivity contribution < 1.29 is 4.79 Å². The van der Waals surface area contributed by atoms with Crippen LogP contribution in [-0.2, 0) is 6.54 Å². The number of aromatic amines is 1. The summed E-state index contributed by atoms with van der Waals surface area (Å²) in [4.78, 5) is 28.7. The number of amides is 1. The van der Waals surface area contributed by atoms with E-state index in [-0.39, 0.29) is 17.0 Å². The summed E-state index contributed by atoms with van der Waals surface area (Å²) in [6.07, 6.45) is 2.59. The number of carbonyl (C=O) groups excluding carboxylic acids is 1. The minimum absolute atomic E-state index is 0.173. The maximum absolute atomic E-state index is 12.1. The average molecular weight is 325 g/mol. The monoisotopic (exact) mass is 325 g/mol. The summed E-state index contributed by atoms with van der Waals surface area (Å²) in [6.45, 7) is 5.72. The number of pyridine rings is 1. The summed E-state index contributed by atoms with van der Waals surface area (Å²) >= 11 is 0. The van der Waals surface area contributed by atoms with Crippen LogP contribution in [-0.4, -0.2) is 35.4 Å². The van der Waals surface area contributed by atoms with Crippen LogP contribution in [0.2, 0.25) is 0 Å². The number of benzene rings is 1. The van der Waals surface area contributed by atoms with Gasteiger partial charge in [0, 0.05) is 25.8 Å². The number of aromatic nitrogens is 1. The molecule has 0 saturated carbocycles. The molecule has 1 unspecified atom stereocenters. The minimum atomic E-state index is -0.345. The van der Waals surface area contributed by atoms with Gasteiger partial charge in [0.05, 0.1) is 0 Å². The highest BCUT2D eigenvalue weighted by atomic mass is 16.2. The van der Waals surface area contributed by atoms with Gasteiger partial charge in [-0.3, -0.25) is 14.5 Å². The van der Waals surface area contributed by atoms with Crippen LogP contribution >= 0.6 is 0 Å². The third-order valence-corrected chi connectivity index (χ3v) is 4.64. The summed E-state index contributed by atoms with van der Waals surface area (Å²) in [5, 5.41) is 2.89. The van der Waals surface area contributed by atoms with E-state index >= 15 is 0 Å². The molecule has 0 spiro atoms. The van der Waals surface area contributed by atoms with Gasteiger partial charge >= 0.3 is 0 Å². The molecule has 1 aromatic carbocycles. The molecule has 5 nitrogen and oxygen atoms in total. The first-order valence-corrected chi connectivity index (χ1v) is 8.36. The zero-order valence-corrected chi connectivity index (χ0v) is 13.9. The molecule has 3 rings (SSSR count). The molecule has 1 atom stereocenters. The third-order valence-electron chi connectivity index (χ3n) is 4.64. The second kappa shape index (κ2) is 7.45. The number of H-pyrrole nitrogens is 1. The molecule has 24 heavy (non-hydrogen) atoms. The lowest BCUT2D eigenvalue weighted by Crippen LogP contribution is -2.34. The van der Waals surface area contributed by atoms with Gasteiger partial charge in [0.25, 0.3) is 11.5 Å². The Morgan fingerprint density at radius 2 is 2.12 bits per heavy atom. The fourth-order valence-electron chi connectivity index (χ4n) is 3.18. The normalized spacial score (nSPS) is 17.8. The summed E-state index contributed by atoms with van der Waals surface area (Å²) in [6, 6.07) is 11.7. The maximum atomic E-state index is 12.1. The zero-order chi connectivity index (χ0) is 16.9. The molecule has 0 radical (unpaired) electrons. The Bertz CT molecular complexity index is 769. The molecule has 2 N–H and O–H groups in total. The molecule has 5 heteroatoms. The Kier molecular flexibility index (Phi) is 5.11. The first-order chi connectivity index (χ1) is 11.6. The van der Waals surface area contributed by atoms with E-state index in [9.17, 15) is 9.59 Å². The quantitative estimate of drug-likeness (QED) is 0.883. The second-order valence-corrected chi connectivity index (χ2v) is 6.44. The lowest BCUT2D eigenvalue weighted by atomic mass is 10.1. The van der Waals surface area contributed by atoms with E-state index in [1.54, 1.807) is 12.1 Å². The van der Waals surface area contributed by atoms with Crippen molar-refractivity contribution in [1.29, 1.82) is 0 Å². The van der Waals surface area contributed by atoms with Crippen molar-refractivity contribution in [3.05, 3.63) is 69.6 Å². The van der Waals surface area contributed by atoms with Crippen LogP contribution in [0.3, 0.4) is 0 Å². The molecule has 1 saturated heterocycles. The molecule has 1 fully saturated rings. The fourth-order valence-corrected chi connectivity index (χ4v) is 3.18. The first-order valence-electron chi connectivity index (χ1n) is 8.36. The van der Waals surface area contributed by atoms with Crippen molar-refractivity contribution >= 4 is 5.91 Å². The fraction of sp³-hybridized carbons (Fsp3) is 0.368. The molecule has 126 valence electrons. The highest BCUT2D eigenvalue weighted by Gasteiger charge is 2.23. The Hall–Kier alpha value is -2.40. The van der Waals surface area contributed by atoms with Crippen molar-refractivity contribution in [3.63, 3.8) is 0 Å². The SMILES string of the molecule is Cc1ccccc1CN1CCC(CNC(=O)c2ccc[nH]c2=O)C1. The molecule has 2 aromatic rings. The van der Waals surface area contributed by atoms with Crippen LogP contribution in [0.4, 0.5) is 0 Å². The molecular formula is C19H23N3O2. The summed E-state index contributed by atoms with van der Waals surface area (Å²) in [7, 11) is 0. The average Bonchev–Trinajstić information content (AvgIpc) is 3.03. The molecule has 1 aliphatic rings. The van der Waals surface area contributed by atoms with E-state index in [0.29, 0.717) is 12.5 Å². The molecule has 0 aliphatic carbocycles. The number of likely N-dealkylation sites (tertiary alicyclic amines) is 1. The highest BCUT2D eigenvalue weighted by Crippen LogP contribution is 2.19. The van der Waals surface area contributed by atoms with Crippen LogP contribution in [0.15, 0.2) is 47.4 Å².